The van der Waals surface area contributed by atoms with Crippen molar-refractivity contribution < 1.29 is 39.2 Å². The maximum Gasteiger partial charge on any atom is 0.303 e. The van der Waals surface area contributed by atoms with E-state index in [0.717, 1.165) is 0 Å². The Balaban J connectivity index is 1.76. The van der Waals surface area contributed by atoms with Crippen LogP contribution in [0.5, 0.6) is 5.75 Å². The highest BCUT2D eigenvalue weighted by molar-refractivity contribution is 6.31. The summed E-state index contributed by atoms with van der Waals surface area (Å²) in [5.74, 6) is -2.19. The molecule has 3 aliphatic carbocycles. The van der Waals surface area contributed by atoms with Crippen molar-refractivity contribution in [1.82, 2.24) is 0 Å². The minimum Gasteiger partial charge on any atom is -0.508 e. The van der Waals surface area contributed by atoms with E-state index in [1.54, 1.807) is 6.92 Å². The highest BCUT2D eigenvalue weighted by Gasteiger charge is 2.71. The van der Waals surface area contributed by atoms with Crippen molar-refractivity contribution >= 4 is 17.5 Å². The second-order valence-electron chi connectivity index (χ2n) is 7.73. The first kappa shape index (κ1) is 17.9. The fourth-order valence-electron chi connectivity index (χ4n) is 4.85. The number of rotatable bonds is 2. The molecule has 3 N–H and O–H groups in total. The molecule has 9 nitrogen and oxygen atoms in total. The Kier molecular flexibility index (Phi) is 3.37. The number of epoxide rings is 1. The number of fused-ring (bicyclic) bond motifs is 3. The van der Waals surface area contributed by atoms with E-state index in [0.29, 0.717) is 0 Å². The standard InChI is InChI=1S/C20H16N2O7/c1-6(23)28-18-13-11(17(27)19-20(18,2)29-19)10-12(14(13)22-21)16(26)9-7(15(10)25)4-3-5-8(9)24/h3-5,14,17-19,22,24,27H,1-2H3/t14?,17-,18+,19-,20+/m1/s1. The number of phenols is 1. The van der Waals surface area contributed by atoms with Gasteiger partial charge in [-0.3, -0.25) is 14.4 Å². The van der Waals surface area contributed by atoms with Gasteiger partial charge in [0, 0.05) is 23.6 Å². The Labute approximate surface area is 164 Å². The normalized spacial score (nSPS) is 34.3. The van der Waals surface area contributed by atoms with Gasteiger partial charge in [-0.15, -0.1) is 0 Å². The van der Waals surface area contributed by atoms with Crippen LogP contribution in [-0.2, 0) is 14.3 Å². The number of nitrogens with zero attached hydrogens (tertiary/aromatic N) is 1. The molecule has 0 radical (unpaired) electrons. The number of carbonyl (C=O) groups is 3. The van der Waals surface area contributed by atoms with E-state index in [4.69, 9.17) is 9.47 Å². The van der Waals surface area contributed by atoms with E-state index < -0.39 is 47.5 Å². The van der Waals surface area contributed by atoms with Crippen molar-refractivity contribution in [2.45, 2.75) is 43.8 Å². The predicted molar refractivity (Wildman–Crippen MR) is 93.8 cm³/mol. The molecule has 0 bridgehead atoms. The molecule has 1 fully saturated rings. The molecule has 1 aliphatic heterocycles. The molecule has 5 rings (SSSR count). The Morgan fingerprint density at radius 2 is 2.00 bits per heavy atom. The molecule has 9 heteroatoms. The highest BCUT2D eigenvalue weighted by atomic mass is 16.7. The predicted octanol–water partition coefficient (Wildman–Crippen LogP) is -0.688. The molecule has 29 heavy (non-hydrogen) atoms. The molecule has 5 atom stereocenters. The lowest BCUT2D eigenvalue weighted by atomic mass is 9.78. The van der Waals surface area contributed by atoms with Gasteiger partial charge in [0.25, 0.3) is 0 Å². The number of ketones is 2. The molecule has 1 aromatic carbocycles. The van der Waals surface area contributed by atoms with Gasteiger partial charge in [-0.05, 0) is 13.0 Å². The Morgan fingerprint density at radius 3 is 2.66 bits per heavy atom. The molecule has 0 saturated carbocycles. The molecule has 1 aromatic rings. The van der Waals surface area contributed by atoms with Crippen molar-refractivity contribution in [3.63, 3.8) is 0 Å². The fourth-order valence-corrected chi connectivity index (χ4v) is 4.85. The summed E-state index contributed by atoms with van der Waals surface area (Å²) >= 11 is 0. The molecule has 1 heterocycles. The summed E-state index contributed by atoms with van der Waals surface area (Å²) in [7, 11) is 0. The number of aromatic hydroxyl groups is 1. The molecule has 1 unspecified atom stereocenters. The van der Waals surface area contributed by atoms with Gasteiger partial charge >= 0.3 is 5.97 Å². The van der Waals surface area contributed by atoms with Crippen molar-refractivity contribution in [3.05, 3.63) is 57.1 Å². The van der Waals surface area contributed by atoms with Crippen LogP contribution in [0.25, 0.3) is 5.53 Å². The lowest BCUT2D eigenvalue weighted by molar-refractivity contribution is -0.503. The minimum absolute atomic E-state index is 0.000441. The van der Waals surface area contributed by atoms with E-state index in [9.17, 15) is 30.1 Å². The van der Waals surface area contributed by atoms with Crippen LogP contribution in [0.2, 0.25) is 0 Å². The molecule has 0 amide bonds. The van der Waals surface area contributed by atoms with Gasteiger partial charge in [-0.25, -0.2) is 0 Å². The maximum absolute atomic E-state index is 13.3. The number of benzene rings is 1. The number of phenolic OH excluding ortho intramolecular Hbond substituents is 1. The number of aliphatic hydroxyl groups is 1. The van der Waals surface area contributed by atoms with Gasteiger partial charge in [0.05, 0.1) is 16.7 Å². The summed E-state index contributed by atoms with van der Waals surface area (Å²) in [6.45, 7) is 2.86. The zero-order valence-electron chi connectivity index (χ0n) is 15.4. The van der Waals surface area contributed by atoms with Gasteiger partial charge in [0.1, 0.15) is 23.6 Å². The Hall–Kier alpha value is -3.17. The van der Waals surface area contributed by atoms with Crippen LogP contribution >= 0.6 is 0 Å². The number of ether oxygens (including phenoxy) is 2. The maximum atomic E-state index is 13.3. The Bertz CT molecular complexity index is 1120. The van der Waals surface area contributed by atoms with E-state index >= 15 is 0 Å². The van der Waals surface area contributed by atoms with Crippen molar-refractivity contribution in [2.24, 2.45) is 0 Å². The number of esters is 1. The van der Waals surface area contributed by atoms with E-state index in [1.807, 2.05) is 5.11 Å². The minimum atomic E-state index is -1.25. The van der Waals surface area contributed by atoms with Crippen molar-refractivity contribution in [3.8, 4) is 5.75 Å². The molecule has 4 aliphatic rings. The van der Waals surface area contributed by atoms with Crippen LogP contribution in [0.15, 0.2) is 40.5 Å². The molecule has 0 aromatic heterocycles. The smallest absolute Gasteiger partial charge is 0.303 e. The van der Waals surface area contributed by atoms with Gasteiger partial charge in [-0.1, -0.05) is 12.1 Å². The second-order valence-corrected chi connectivity index (χ2v) is 7.73. The van der Waals surface area contributed by atoms with Gasteiger partial charge in [-0.2, -0.15) is 0 Å². The second kappa shape index (κ2) is 5.46. The Morgan fingerprint density at radius 1 is 1.28 bits per heavy atom. The SMILES string of the molecule is CC(=O)O[C@H]1C2=C(C3=C(C(=O)c4c(O)cccc4C3=O)C2[NH+]=[N-])[C@@H](O)[C@H]2O[C@]21C. The topological polar surface area (TPSA) is 150 Å². The first-order valence-corrected chi connectivity index (χ1v) is 9.05. The summed E-state index contributed by atoms with van der Waals surface area (Å²) in [6, 6.07) is 2.94. The van der Waals surface area contributed by atoms with Gasteiger partial charge in [0.2, 0.25) is 5.78 Å². The third-order valence-electron chi connectivity index (χ3n) is 6.12. The number of hydrogen-bond donors (Lipinski definition) is 3. The number of hydrogen-bond acceptors (Lipinski definition) is 7. The first-order valence-electron chi connectivity index (χ1n) is 9.05. The lowest BCUT2D eigenvalue weighted by Crippen LogP contribution is -2.74. The average Bonchev–Trinajstić information content (AvgIpc) is 3.25. The fraction of sp³-hybridized carbons (Fsp3) is 0.350. The van der Waals surface area contributed by atoms with Crippen LogP contribution in [0.4, 0.5) is 0 Å². The van der Waals surface area contributed by atoms with Crippen molar-refractivity contribution in [2.75, 3.05) is 0 Å². The van der Waals surface area contributed by atoms with Crippen LogP contribution in [0.1, 0.15) is 34.6 Å². The number of aliphatic hydroxyl groups excluding tert-OH is 1. The lowest BCUT2D eigenvalue weighted by Gasteiger charge is -2.30. The van der Waals surface area contributed by atoms with Crippen LogP contribution in [-0.4, -0.2) is 57.7 Å². The molecule has 1 saturated heterocycles. The van der Waals surface area contributed by atoms with Crippen molar-refractivity contribution in [1.29, 1.82) is 0 Å². The number of carbonyl (C=O) groups excluding carboxylic acids is 3. The summed E-state index contributed by atoms with van der Waals surface area (Å²) < 4.78 is 11.1. The summed E-state index contributed by atoms with van der Waals surface area (Å²) in [5, 5.41) is 23.1. The zero-order valence-corrected chi connectivity index (χ0v) is 15.4. The van der Waals surface area contributed by atoms with E-state index in [-0.39, 0.29) is 39.2 Å². The van der Waals surface area contributed by atoms with Gasteiger partial charge < -0.3 is 30.3 Å². The third-order valence-corrected chi connectivity index (χ3v) is 6.12. The largest absolute Gasteiger partial charge is 0.508 e. The summed E-state index contributed by atoms with van der Waals surface area (Å²) in [6.07, 6.45) is -3.00. The summed E-state index contributed by atoms with van der Waals surface area (Å²) in [4.78, 5) is 38.2. The molecular formula is C20H16N2O7. The van der Waals surface area contributed by atoms with E-state index in [1.165, 1.54) is 25.1 Å². The van der Waals surface area contributed by atoms with Crippen LogP contribution in [0, 0.1) is 0 Å². The number of nitrogens with one attached hydrogen (secondary N) is 1. The van der Waals surface area contributed by atoms with Crippen LogP contribution in [0.3, 0.4) is 0 Å². The summed E-state index contributed by atoms with van der Waals surface area (Å²) in [5.41, 5.74) is 8.83. The molecular weight excluding hydrogens is 380 g/mol. The molecule has 0 spiro atoms. The zero-order chi connectivity index (χ0) is 20.8. The first-order chi connectivity index (χ1) is 13.7. The van der Waals surface area contributed by atoms with Gasteiger partial charge in [0.15, 0.2) is 17.9 Å². The van der Waals surface area contributed by atoms with Crippen LogP contribution < -0.4 is 5.11 Å². The van der Waals surface area contributed by atoms with E-state index in [2.05, 4.69) is 0 Å². The number of Topliss-reactive ketones (excluding diaryl/α,β-unsaturated/α-hetero) is 2. The monoisotopic (exact) mass is 396 g/mol. The third kappa shape index (κ3) is 2.03. The average molecular weight is 396 g/mol. The highest BCUT2D eigenvalue weighted by Crippen LogP contribution is 2.57. The quantitative estimate of drug-likeness (QED) is 0.340. The molecule has 148 valence electrons.